The van der Waals surface area contributed by atoms with Crippen LogP contribution in [0.15, 0.2) is 35.5 Å². The molecule has 8 heteroatoms. The van der Waals surface area contributed by atoms with E-state index in [1.165, 1.54) is 19.2 Å². The van der Waals surface area contributed by atoms with Crippen LogP contribution in [0.5, 0.6) is 0 Å². The van der Waals surface area contributed by atoms with Crippen molar-refractivity contribution in [1.29, 1.82) is 0 Å². The minimum Gasteiger partial charge on any atom is -0.466 e. The Morgan fingerprint density at radius 3 is 2.83 bits per heavy atom. The third kappa shape index (κ3) is 3.65. The second kappa shape index (κ2) is 7.19. The maximum atomic E-state index is 12.2. The first-order valence-electron chi connectivity index (χ1n) is 7.11. The van der Waals surface area contributed by atoms with Crippen LogP contribution in [-0.4, -0.2) is 23.1 Å². The van der Waals surface area contributed by atoms with E-state index in [9.17, 15) is 14.9 Å². The Morgan fingerprint density at radius 2 is 2.22 bits per heavy atom. The number of allylic oxidation sites excluding steroid dienone is 1. The number of thiocarbonyl (C=S) groups is 1. The number of ether oxygens (including phenoxy) is 1. The predicted octanol–water partition coefficient (Wildman–Crippen LogP) is 2.34. The number of hydrogen-bond donors (Lipinski definition) is 2. The molecule has 0 fully saturated rings. The maximum Gasteiger partial charge on any atom is 0.337 e. The number of nitro groups is 1. The van der Waals surface area contributed by atoms with E-state index < -0.39 is 16.9 Å². The zero-order chi connectivity index (χ0) is 17.0. The molecule has 1 atom stereocenters. The third-order valence-electron chi connectivity index (χ3n) is 3.47. The number of nitro benzene ring substituents is 1. The van der Waals surface area contributed by atoms with Gasteiger partial charge in [-0.05, 0) is 24.2 Å². The summed E-state index contributed by atoms with van der Waals surface area (Å²) in [6.45, 7) is 1.98. The van der Waals surface area contributed by atoms with Gasteiger partial charge >= 0.3 is 5.97 Å². The van der Waals surface area contributed by atoms with E-state index in [0.29, 0.717) is 28.4 Å². The van der Waals surface area contributed by atoms with E-state index >= 15 is 0 Å². The molecule has 1 aromatic carbocycles. The number of rotatable bonds is 5. The lowest BCUT2D eigenvalue weighted by Gasteiger charge is -2.30. The molecule has 2 N–H and O–H groups in total. The summed E-state index contributed by atoms with van der Waals surface area (Å²) in [6.07, 6.45) is 1.44. The van der Waals surface area contributed by atoms with Crippen molar-refractivity contribution in [3.8, 4) is 0 Å². The lowest BCUT2D eigenvalue weighted by Crippen LogP contribution is -2.45. The van der Waals surface area contributed by atoms with E-state index in [0.717, 1.165) is 6.42 Å². The van der Waals surface area contributed by atoms with E-state index in [1.54, 1.807) is 12.1 Å². The van der Waals surface area contributed by atoms with Crippen molar-refractivity contribution in [2.45, 2.75) is 25.8 Å². The monoisotopic (exact) mass is 335 g/mol. The third-order valence-corrected chi connectivity index (χ3v) is 3.69. The number of nitrogens with zero attached hydrogens (tertiary/aromatic N) is 1. The molecule has 0 spiro atoms. The first-order valence-corrected chi connectivity index (χ1v) is 7.52. The number of non-ortho nitro benzene ring substituents is 1. The molecule has 1 aliphatic heterocycles. The molecule has 0 aromatic heterocycles. The average Bonchev–Trinajstić information content (AvgIpc) is 2.54. The Bertz CT molecular complexity index is 687. The minimum absolute atomic E-state index is 0.0463. The van der Waals surface area contributed by atoms with Crippen LogP contribution in [0.2, 0.25) is 0 Å². The molecule has 1 aromatic rings. The smallest absolute Gasteiger partial charge is 0.337 e. The van der Waals surface area contributed by atoms with Crippen LogP contribution < -0.4 is 10.6 Å². The van der Waals surface area contributed by atoms with Crippen LogP contribution in [0.3, 0.4) is 0 Å². The lowest BCUT2D eigenvalue weighted by molar-refractivity contribution is -0.384. The highest BCUT2D eigenvalue weighted by Crippen LogP contribution is 2.30. The normalized spacial score (nSPS) is 17.3. The Morgan fingerprint density at radius 1 is 1.48 bits per heavy atom. The first-order chi connectivity index (χ1) is 11.0. The lowest BCUT2D eigenvalue weighted by atomic mass is 9.93. The van der Waals surface area contributed by atoms with E-state index in [1.807, 2.05) is 6.92 Å². The van der Waals surface area contributed by atoms with E-state index in [2.05, 4.69) is 10.6 Å². The van der Waals surface area contributed by atoms with Gasteiger partial charge in [-0.15, -0.1) is 0 Å². The topological polar surface area (TPSA) is 93.5 Å². The number of esters is 1. The zero-order valence-electron chi connectivity index (χ0n) is 12.8. The molecule has 0 amide bonds. The molecule has 0 bridgehead atoms. The number of nitrogens with one attached hydrogen (secondary N) is 2. The van der Waals surface area contributed by atoms with Crippen molar-refractivity contribution >= 4 is 29.0 Å². The largest absolute Gasteiger partial charge is 0.466 e. The average molecular weight is 335 g/mol. The second-order valence-electron chi connectivity index (χ2n) is 5.02. The van der Waals surface area contributed by atoms with Crippen molar-refractivity contribution in [2.75, 3.05) is 7.11 Å². The van der Waals surface area contributed by atoms with Gasteiger partial charge in [0.1, 0.15) is 0 Å². The molecule has 23 heavy (non-hydrogen) atoms. The zero-order valence-corrected chi connectivity index (χ0v) is 13.6. The quantitative estimate of drug-likeness (QED) is 0.369. The van der Waals surface area contributed by atoms with Gasteiger partial charge in [0.2, 0.25) is 0 Å². The fourth-order valence-electron chi connectivity index (χ4n) is 2.48. The van der Waals surface area contributed by atoms with Gasteiger partial charge in [-0.3, -0.25) is 10.1 Å². The summed E-state index contributed by atoms with van der Waals surface area (Å²) >= 11 is 5.19. The van der Waals surface area contributed by atoms with Gasteiger partial charge in [0.05, 0.1) is 23.6 Å². The highest BCUT2D eigenvalue weighted by Gasteiger charge is 2.32. The van der Waals surface area contributed by atoms with Crippen molar-refractivity contribution < 1.29 is 14.5 Å². The minimum atomic E-state index is -0.586. The molecule has 122 valence electrons. The fraction of sp³-hybridized carbons (Fsp3) is 0.333. The molecular weight excluding hydrogens is 318 g/mol. The van der Waals surface area contributed by atoms with Crippen LogP contribution in [0, 0.1) is 10.1 Å². The Kier molecular flexibility index (Phi) is 5.28. The van der Waals surface area contributed by atoms with Crippen molar-refractivity contribution in [3.05, 3.63) is 51.2 Å². The van der Waals surface area contributed by atoms with Gasteiger partial charge < -0.3 is 15.4 Å². The second-order valence-corrected chi connectivity index (χ2v) is 5.43. The van der Waals surface area contributed by atoms with Gasteiger partial charge in [0.25, 0.3) is 5.69 Å². The summed E-state index contributed by atoms with van der Waals surface area (Å²) in [7, 11) is 1.30. The maximum absolute atomic E-state index is 12.2. The van der Waals surface area contributed by atoms with Crippen molar-refractivity contribution in [3.63, 3.8) is 0 Å². The number of carbonyl (C=O) groups is 1. The highest BCUT2D eigenvalue weighted by atomic mass is 32.1. The molecule has 0 aliphatic carbocycles. The standard InChI is InChI=1S/C15H17N3O4S/c1-3-5-11-12(14(19)22-2)13(17-15(23)16-11)9-6-4-7-10(8-9)18(20)21/h4,6-8,13H,3,5H2,1-2H3,(H2,16,17,23)/t13-/m1/s1. The molecular formula is C15H17N3O4S. The molecule has 0 saturated heterocycles. The van der Waals surface area contributed by atoms with Gasteiger partial charge in [-0.2, -0.15) is 0 Å². The molecule has 7 nitrogen and oxygen atoms in total. The number of hydrogen-bond acceptors (Lipinski definition) is 5. The van der Waals surface area contributed by atoms with E-state index in [-0.39, 0.29) is 5.69 Å². The summed E-state index contributed by atoms with van der Waals surface area (Å²) in [4.78, 5) is 22.7. The number of benzene rings is 1. The summed E-state index contributed by atoms with van der Waals surface area (Å²) in [6, 6.07) is 5.53. The van der Waals surface area contributed by atoms with Crippen LogP contribution >= 0.6 is 12.2 Å². The van der Waals surface area contributed by atoms with Crippen LogP contribution in [0.25, 0.3) is 0 Å². The van der Waals surface area contributed by atoms with Crippen LogP contribution in [0.4, 0.5) is 5.69 Å². The summed E-state index contributed by atoms with van der Waals surface area (Å²) < 4.78 is 4.88. The Hall–Kier alpha value is -2.48. The highest BCUT2D eigenvalue weighted by molar-refractivity contribution is 7.80. The molecule has 2 rings (SSSR count). The van der Waals surface area contributed by atoms with Gasteiger partial charge in [-0.1, -0.05) is 25.5 Å². The summed E-state index contributed by atoms with van der Waals surface area (Å²) in [5.74, 6) is -0.493. The molecule has 0 unspecified atom stereocenters. The van der Waals surface area contributed by atoms with Crippen LogP contribution in [-0.2, 0) is 9.53 Å². The van der Waals surface area contributed by atoms with Gasteiger partial charge in [0, 0.05) is 17.8 Å². The Labute approximate surface area is 138 Å². The number of carbonyl (C=O) groups excluding carboxylic acids is 1. The van der Waals surface area contributed by atoms with Gasteiger partial charge in [-0.25, -0.2) is 4.79 Å². The SMILES string of the molecule is CCCC1=C(C(=O)OC)[C@@H](c2cccc([N+](=O)[O-])c2)NC(=S)N1. The molecule has 1 heterocycles. The molecule has 0 saturated carbocycles. The Balaban J connectivity index is 2.54. The molecule has 1 aliphatic rings. The van der Waals surface area contributed by atoms with Crippen molar-refractivity contribution in [1.82, 2.24) is 10.6 Å². The summed E-state index contributed by atoms with van der Waals surface area (Å²) in [5.41, 5.74) is 1.61. The summed E-state index contributed by atoms with van der Waals surface area (Å²) in [5, 5.41) is 17.3. The predicted molar refractivity (Wildman–Crippen MR) is 88.7 cm³/mol. The van der Waals surface area contributed by atoms with Crippen molar-refractivity contribution in [2.24, 2.45) is 0 Å². The molecule has 0 radical (unpaired) electrons. The van der Waals surface area contributed by atoms with Gasteiger partial charge in [0.15, 0.2) is 5.11 Å². The first kappa shape index (κ1) is 16.9. The fourth-order valence-corrected chi connectivity index (χ4v) is 2.73. The van der Waals surface area contributed by atoms with Crippen LogP contribution in [0.1, 0.15) is 31.4 Å². The number of methoxy groups -OCH3 is 1. The van der Waals surface area contributed by atoms with E-state index in [4.69, 9.17) is 17.0 Å².